The molecule has 158 valence electrons. The van der Waals surface area contributed by atoms with Crippen LogP contribution in [0.25, 0.3) is 16.9 Å². The summed E-state index contributed by atoms with van der Waals surface area (Å²) < 4.78 is 16.9. The third-order valence-electron chi connectivity index (χ3n) is 5.32. The highest BCUT2D eigenvalue weighted by Crippen LogP contribution is 2.29. The molecule has 0 aliphatic carbocycles. The van der Waals surface area contributed by atoms with Crippen molar-refractivity contribution in [1.82, 2.24) is 23.1 Å². The number of anilines is 1. The molecule has 10 nitrogen and oxygen atoms in total. The molecule has 0 spiro atoms. The summed E-state index contributed by atoms with van der Waals surface area (Å²) in [4.78, 5) is 29.5. The largest absolute Gasteiger partial charge is 0.497 e. The van der Waals surface area contributed by atoms with E-state index >= 15 is 0 Å². The van der Waals surface area contributed by atoms with Gasteiger partial charge in [-0.3, -0.25) is 18.3 Å². The maximum Gasteiger partial charge on any atom is 0.332 e. The monoisotopic (exact) mass is 412 g/mol. The standard InChI is InChI=1S/C20H24N6O4/c1-12-11-26-16-17(23(2)20(28)24(3)18(16)27)22-19(26)25(12)9-8-21-14-7-6-13(29-4)10-15(14)30-5/h6-7,10-11,21H,8-9H2,1-5H3. The van der Waals surface area contributed by atoms with Crippen LogP contribution in [-0.4, -0.2) is 43.9 Å². The third kappa shape index (κ3) is 2.92. The number of nitrogens with one attached hydrogen (secondary N) is 1. The summed E-state index contributed by atoms with van der Waals surface area (Å²) in [5.41, 5.74) is 1.81. The highest BCUT2D eigenvalue weighted by molar-refractivity contribution is 5.75. The van der Waals surface area contributed by atoms with Crippen molar-refractivity contribution < 1.29 is 9.47 Å². The normalized spacial score (nSPS) is 11.4. The molecule has 0 unspecified atom stereocenters. The lowest BCUT2D eigenvalue weighted by atomic mass is 10.2. The smallest absolute Gasteiger partial charge is 0.332 e. The summed E-state index contributed by atoms with van der Waals surface area (Å²) in [6.07, 6.45) is 1.87. The Morgan fingerprint density at radius 3 is 2.57 bits per heavy atom. The van der Waals surface area contributed by atoms with E-state index in [0.29, 0.717) is 35.8 Å². The molecule has 4 aromatic rings. The van der Waals surface area contributed by atoms with Crippen molar-refractivity contribution in [2.45, 2.75) is 13.5 Å². The van der Waals surface area contributed by atoms with E-state index in [4.69, 9.17) is 9.47 Å². The number of ether oxygens (including phenoxy) is 2. The van der Waals surface area contributed by atoms with Crippen LogP contribution < -0.4 is 26.0 Å². The first-order valence-corrected chi connectivity index (χ1v) is 9.47. The number of methoxy groups -OCH3 is 2. The van der Waals surface area contributed by atoms with Gasteiger partial charge in [0.15, 0.2) is 11.2 Å². The van der Waals surface area contributed by atoms with Crippen LogP contribution in [-0.2, 0) is 20.6 Å². The molecule has 0 bridgehead atoms. The number of hydrogen-bond donors (Lipinski definition) is 1. The zero-order valence-corrected chi connectivity index (χ0v) is 17.6. The first kappa shape index (κ1) is 19.6. The summed E-state index contributed by atoms with van der Waals surface area (Å²) in [6, 6.07) is 5.58. The zero-order chi connectivity index (χ0) is 21.6. The van der Waals surface area contributed by atoms with Crippen molar-refractivity contribution in [3.8, 4) is 11.5 Å². The molecule has 1 aromatic carbocycles. The maximum atomic E-state index is 12.7. The Labute approximate surface area is 171 Å². The number of hydrogen-bond acceptors (Lipinski definition) is 6. The number of aryl methyl sites for hydroxylation is 2. The lowest BCUT2D eigenvalue weighted by Crippen LogP contribution is -2.37. The van der Waals surface area contributed by atoms with Crippen LogP contribution in [0.15, 0.2) is 34.0 Å². The fourth-order valence-electron chi connectivity index (χ4n) is 3.65. The second-order valence-electron chi connectivity index (χ2n) is 7.07. The molecule has 0 amide bonds. The molecular formula is C20H24N6O4. The lowest BCUT2D eigenvalue weighted by Gasteiger charge is -2.13. The molecule has 10 heteroatoms. The van der Waals surface area contributed by atoms with Gasteiger partial charge in [0.05, 0.1) is 19.9 Å². The molecule has 0 saturated heterocycles. The number of fused-ring (bicyclic) bond motifs is 3. The van der Waals surface area contributed by atoms with Crippen LogP contribution in [0.5, 0.6) is 11.5 Å². The van der Waals surface area contributed by atoms with Crippen LogP contribution >= 0.6 is 0 Å². The van der Waals surface area contributed by atoms with E-state index < -0.39 is 5.69 Å². The van der Waals surface area contributed by atoms with Gasteiger partial charge >= 0.3 is 5.69 Å². The quantitative estimate of drug-likeness (QED) is 0.510. The van der Waals surface area contributed by atoms with Crippen LogP contribution in [0.2, 0.25) is 0 Å². The second kappa shape index (κ2) is 7.29. The van der Waals surface area contributed by atoms with Gasteiger partial charge in [-0.15, -0.1) is 0 Å². The molecule has 0 radical (unpaired) electrons. The minimum Gasteiger partial charge on any atom is -0.497 e. The first-order chi connectivity index (χ1) is 14.4. The molecule has 30 heavy (non-hydrogen) atoms. The van der Waals surface area contributed by atoms with Crippen molar-refractivity contribution in [3.05, 3.63) is 50.9 Å². The number of aromatic nitrogens is 5. The van der Waals surface area contributed by atoms with Crippen molar-refractivity contribution in [3.63, 3.8) is 0 Å². The Morgan fingerprint density at radius 2 is 1.87 bits per heavy atom. The van der Waals surface area contributed by atoms with Gasteiger partial charge in [0, 0.05) is 45.1 Å². The minimum absolute atomic E-state index is 0.362. The number of nitrogens with zero attached hydrogens (tertiary/aromatic N) is 5. The van der Waals surface area contributed by atoms with Gasteiger partial charge in [0.25, 0.3) is 5.56 Å². The van der Waals surface area contributed by atoms with E-state index in [2.05, 4.69) is 10.3 Å². The van der Waals surface area contributed by atoms with Gasteiger partial charge in [-0.2, -0.15) is 4.98 Å². The first-order valence-electron chi connectivity index (χ1n) is 9.47. The molecule has 1 N–H and O–H groups in total. The van der Waals surface area contributed by atoms with Gasteiger partial charge in [-0.25, -0.2) is 4.79 Å². The van der Waals surface area contributed by atoms with Crippen molar-refractivity contribution in [2.24, 2.45) is 14.1 Å². The average Bonchev–Trinajstić information content (AvgIpc) is 3.26. The minimum atomic E-state index is -0.398. The Bertz CT molecular complexity index is 1370. The van der Waals surface area contributed by atoms with Gasteiger partial charge in [-0.1, -0.05) is 0 Å². The van der Waals surface area contributed by atoms with Crippen molar-refractivity contribution in [1.29, 1.82) is 0 Å². The third-order valence-corrected chi connectivity index (χ3v) is 5.32. The summed E-state index contributed by atoms with van der Waals surface area (Å²) in [5, 5.41) is 3.36. The van der Waals surface area contributed by atoms with E-state index in [0.717, 1.165) is 21.7 Å². The Balaban J connectivity index is 1.68. The summed E-state index contributed by atoms with van der Waals surface area (Å²) >= 11 is 0. The molecule has 0 saturated carbocycles. The van der Waals surface area contributed by atoms with Gasteiger partial charge in [0.2, 0.25) is 5.78 Å². The Kier molecular flexibility index (Phi) is 4.76. The molecule has 4 rings (SSSR count). The van der Waals surface area contributed by atoms with E-state index in [-0.39, 0.29) is 5.56 Å². The molecule has 0 aliphatic rings. The number of imidazole rings is 2. The molecule has 0 aliphatic heterocycles. The zero-order valence-electron chi connectivity index (χ0n) is 17.6. The van der Waals surface area contributed by atoms with Crippen molar-refractivity contribution in [2.75, 3.05) is 26.1 Å². The highest BCUT2D eigenvalue weighted by Gasteiger charge is 2.18. The predicted molar refractivity (Wildman–Crippen MR) is 114 cm³/mol. The fraction of sp³-hybridized carbons (Fsp3) is 0.350. The molecule has 0 atom stereocenters. The topological polar surface area (TPSA) is 96.7 Å². The van der Waals surface area contributed by atoms with Crippen LogP contribution in [0.1, 0.15) is 5.69 Å². The lowest BCUT2D eigenvalue weighted by molar-refractivity contribution is 0.395. The van der Waals surface area contributed by atoms with Crippen LogP contribution in [0.4, 0.5) is 5.69 Å². The van der Waals surface area contributed by atoms with Crippen molar-refractivity contribution >= 4 is 22.6 Å². The predicted octanol–water partition coefficient (Wildman–Crippen LogP) is 1.12. The van der Waals surface area contributed by atoms with Crippen LogP contribution in [0.3, 0.4) is 0 Å². The van der Waals surface area contributed by atoms with E-state index in [9.17, 15) is 9.59 Å². The molecule has 3 heterocycles. The maximum absolute atomic E-state index is 12.7. The summed E-state index contributed by atoms with van der Waals surface area (Å²) in [7, 11) is 6.31. The van der Waals surface area contributed by atoms with Gasteiger partial charge in [-0.05, 0) is 19.1 Å². The Morgan fingerprint density at radius 1 is 1.10 bits per heavy atom. The van der Waals surface area contributed by atoms with Gasteiger partial charge < -0.3 is 19.4 Å². The van der Waals surface area contributed by atoms with E-state index in [1.165, 1.54) is 11.6 Å². The summed E-state index contributed by atoms with van der Waals surface area (Å²) in [6.45, 7) is 3.17. The molecular weight excluding hydrogens is 388 g/mol. The second-order valence-corrected chi connectivity index (χ2v) is 7.07. The highest BCUT2D eigenvalue weighted by atomic mass is 16.5. The SMILES string of the molecule is COc1ccc(NCCn2c(C)cn3c4c(=O)n(C)c(=O)n(C)c4nc23)c(OC)c1. The van der Waals surface area contributed by atoms with Gasteiger partial charge in [0.1, 0.15) is 11.5 Å². The van der Waals surface area contributed by atoms with E-state index in [1.54, 1.807) is 25.7 Å². The van der Waals surface area contributed by atoms with Crippen LogP contribution in [0, 0.1) is 6.92 Å². The van der Waals surface area contributed by atoms with E-state index in [1.807, 2.05) is 35.9 Å². The summed E-state index contributed by atoms with van der Waals surface area (Å²) in [5.74, 6) is 2.02. The number of rotatable bonds is 6. The molecule has 3 aromatic heterocycles. The fourth-order valence-corrected chi connectivity index (χ4v) is 3.65. The Hall–Kier alpha value is -3.69. The average molecular weight is 412 g/mol. The molecule has 0 fully saturated rings. The number of benzene rings is 1.